The fourth-order valence-electron chi connectivity index (χ4n) is 0.832. The van der Waals surface area contributed by atoms with Gasteiger partial charge in [0.25, 0.3) is 0 Å². The molecule has 0 spiro atoms. The van der Waals surface area contributed by atoms with Gasteiger partial charge >= 0.3 is 0 Å². The zero-order chi connectivity index (χ0) is 10.2. The van der Waals surface area contributed by atoms with Gasteiger partial charge in [0.1, 0.15) is 0 Å². The first-order chi connectivity index (χ1) is 6.24. The van der Waals surface area contributed by atoms with E-state index in [1.807, 2.05) is 13.8 Å². The van der Waals surface area contributed by atoms with E-state index in [1.165, 1.54) is 0 Å². The topological polar surface area (TPSA) is 18.5 Å². The lowest BCUT2D eigenvalue weighted by atomic mass is 10.6. The van der Waals surface area contributed by atoms with E-state index in [-0.39, 0.29) is 13.2 Å². The minimum Gasteiger partial charge on any atom is -0.314 e. The molecular formula is C8H20O2S2Si. The van der Waals surface area contributed by atoms with Crippen molar-refractivity contribution >= 4 is 33.6 Å². The van der Waals surface area contributed by atoms with Crippen LogP contribution in [0, 0.1) is 0 Å². The summed E-state index contributed by atoms with van der Waals surface area (Å²) in [5, 5.41) is 0. The number of hydrogen-bond acceptors (Lipinski definition) is 4. The Morgan fingerprint density at radius 2 is 1.54 bits per heavy atom. The predicted molar refractivity (Wildman–Crippen MR) is 65.9 cm³/mol. The second-order valence-corrected chi connectivity index (χ2v) is 8.16. The zero-order valence-corrected chi connectivity index (χ0v) is 12.0. The maximum absolute atomic E-state index is 5.43. The van der Waals surface area contributed by atoms with Gasteiger partial charge in [-0.05, 0) is 20.3 Å². The predicted octanol–water partition coefficient (Wildman–Crippen LogP) is 2.64. The summed E-state index contributed by atoms with van der Waals surface area (Å²) >= 11 is 3.22. The lowest BCUT2D eigenvalue weighted by Gasteiger charge is -2.27. The van der Waals surface area contributed by atoms with E-state index >= 15 is 0 Å². The molecule has 5 heteroatoms. The fraction of sp³-hybridized carbons (Fsp3) is 1.00. The highest BCUT2D eigenvalue weighted by atomic mass is 32.2. The van der Waals surface area contributed by atoms with Crippen molar-refractivity contribution in [3.63, 3.8) is 0 Å². The molecule has 0 atom stereocenters. The molecule has 2 nitrogen and oxygen atoms in total. The summed E-state index contributed by atoms with van der Waals surface area (Å²) in [7, 11) is -0.144. The monoisotopic (exact) mass is 240 g/mol. The standard InChI is InChI=1S/C8H20O2S2Si/c1-5-8(13-4,11-9-6-2)12-10-7-3/h5-7,13H2,1-4H3. The maximum Gasteiger partial charge on any atom is 0.0967 e. The van der Waals surface area contributed by atoms with Gasteiger partial charge in [0.05, 0.1) is 26.4 Å². The summed E-state index contributed by atoms with van der Waals surface area (Å²) in [6, 6.07) is 0. The Morgan fingerprint density at radius 3 is 1.77 bits per heavy atom. The lowest BCUT2D eigenvalue weighted by Crippen LogP contribution is -2.26. The molecule has 0 saturated heterocycles. The molecule has 0 amide bonds. The van der Waals surface area contributed by atoms with Crippen molar-refractivity contribution in [2.75, 3.05) is 13.2 Å². The molecule has 0 aromatic heterocycles. The molecular weight excluding hydrogens is 220 g/mol. The van der Waals surface area contributed by atoms with E-state index in [0.717, 1.165) is 19.6 Å². The Bertz CT molecular complexity index is 111. The molecule has 13 heavy (non-hydrogen) atoms. The van der Waals surface area contributed by atoms with Gasteiger partial charge in [-0.25, -0.2) is 0 Å². The molecule has 0 aromatic carbocycles. The molecule has 0 saturated carbocycles. The smallest absolute Gasteiger partial charge is 0.0967 e. The molecule has 0 aliphatic heterocycles. The quantitative estimate of drug-likeness (QED) is 0.369. The van der Waals surface area contributed by atoms with Crippen molar-refractivity contribution in [3.05, 3.63) is 0 Å². The maximum atomic E-state index is 5.43. The Balaban J connectivity index is 3.97. The van der Waals surface area contributed by atoms with Gasteiger partial charge in [-0.15, -0.1) is 0 Å². The first-order valence-corrected chi connectivity index (χ1v) is 8.46. The largest absolute Gasteiger partial charge is 0.314 e. The second kappa shape index (κ2) is 8.17. The van der Waals surface area contributed by atoms with Crippen LogP contribution in [-0.2, 0) is 8.37 Å². The third-order valence-electron chi connectivity index (χ3n) is 1.73. The van der Waals surface area contributed by atoms with E-state index in [4.69, 9.17) is 8.37 Å². The summed E-state index contributed by atoms with van der Waals surface area (Å²) < 4.78 is 11.1. The van der Waals surface area contributed by atoms with E-state index in [9.17, 15) is 0 Å². The molecule has 0 rings (SSSR count). The number of hydrogen-bond donors (Lipinski definition) is 0. The average Bonchev–Trinajstić information content (AvgIpc) is 2.20. The van der Waals surface area contributed by atoms with E-state index in [0.29, 0.717) is 0 Å². The van der Waals surface area contributed by atoms with Gasteiger partial charge in [-0.1, -0.05) is 13.5 Å². The molecule has 0 unspecified atom stereocenters. The van der Waals surface area contributed by atoms with E-state index < -0.39 is 0 Å². The highest BCUT2D eigenvalue weighted by Crippen LogP contribution is 2.40. The molecule has 0 heterocycles. The molecule has 0 bridgehead atoms. The average molecular weight is 240 g/mol. The minimum absolute atomic E-state index is 0.144. The molecule has 0 radical (unpaired) electrons. The highest BCUT2D eigenvalue weighted by molar-refractivity contribution is 8.16. The first kappa shape index (κ1) is 13.8. The van der Waals surface area contributed by atoms with Crippen LogP contribution in [0.4, 0.5) is 0 Å². The second-order valence-electron chi connectivity index (χ2n) is 2.60. The Kier molecular flexibility index (Phi) is 8.70. The van der Waals surface area contributed by atoms with E-state index in [1.54, 1.807) is 24.1 Å². The van der Waals surface area contributed by atoms with Crippen LogP contribution in [0.1, 0.15) is 27.2 Å². The van der Waals surface area contributed by atoms with Crippen molar-refractivity contribution in [1.82, 2.24) is 0 Å². The van der Waals surface area contributed by atoms with Crippen LogP contribution < -0.4 is 0 Å². The third kappa shape index (κ3) is 5.32. The van der Waals surface area contributed by atoms with Crippen molar-refractivity contribution in [1.29, 1.82) is 0 Å². The van der Waals surface area contributed by atoms with Crippen molar-refractivity contribution < 1.29 is 8.37 Å². The Labute approximate surface area is 92.8 Å². The Hall–Kier alpha value is 0.837. The SMILES string of the molecule is CCOSC(CC)([SiH2]C)SOCC. The number of rotatable bonds is 8. The van der Waals surface area contributed by atoms with E-state index in [2.05, 4.69) is 13.5 Å². The van der Waals surface area contributed by atoms with Crippen LogP contribution in [0.25, 0.3) is 0 Å². The lowest BCUT2D eigenvalue weighted by molar-refractivity contribution is 0.388. The van der Waals surface area contributed by atoms with Crippen molar-refractivity contribution in [2.24, 2.45) is 0 Å². The highest BCUT2D eigenvalue weighted by Gasteiger charge is 2.30. The molecule has 80 valence electrons. The molecule has 0 N–H and O–H groups in total. The fourth-order valence-corrected chi connectivity index (χ4v) is 4.08. The van der Waals surface area contributed by atoms with Crippen LogP contribution in [0.5, 0.6) is 0 Å². The van der Waals surface area contributed by atoms with Crippen LogP contribution in [0.15, 0.2) is 0 Å². The summed E-state index contributed by atoms with van der Waals surface area (Å²) in [6.45, 7) is 10.1. The summed E-state index contributed by atoms with van der Waals surface area (Å²) in [6.07, 6.45) is 1.12. The van der Waals surface area contributed by atoms with Crippen molar-refractivity contribution in [3.8, 4) is 0 Å². The summed E-state index contributed by atoms with van der Waals surface area (Å²) in [5.41, 5.74) is 0. The Morgan fingerprint density at radius 1 is 1.08 bits per heavy atom. The van der Waals surface area contributed by atoms with Gasteiger partial charge in [0.2, 0.25) is 0 Å². The van der Waals surface area contributed by atoms with Crippen LogP contribution >= 0.6 is 24.1 Å². The molecule has 0 fully saturated rings. The van der Waals surface area contributed by atoms with Crippen LogP contribution in [0.3, 0.4) is 0 Å². The van der Waals surface area contributed by atoms with Gasteiger partial charge in [0.15, 0.2) is 0 Å². The van der Waals surface area contributed by atoms with Gasteiger partial charge < -0.3 is 8.37 Å². The minimum atomic E-state index is -0.144. The zero-order valence-electron chi connectivity index (χ0n) is 8.96. The molecule has 0 aliphatic rings. The van der Waals surface area contributed by atoms with Gasteiger partial charge in [-0.3, -0.25) is 0 Å². The van der Waals surface area contributed by atoms with Crippen molar-refractivity contribution in [2.45, 2.75) is 37.4 Å². The third-order valence-corrected chi connectivity index (χ3v) is 8.05. The molecule has 0 aliphatic carbocycles. The first-order valence-electron chi connectivity index (χ1n) is 4.85. The van der Waals surface area contributed by atoms with Gasteiger partial charge in [0, 0.05) is 24.1 Å². The normalized spacial score (nSPS) is 12.9. The van der Waals surface area contributed by atoms with Gasteiger partial charge in [-0.2, -0.15) is 0 Å². The summed E-state index contributed by atoms with van der Waals surface area (Å²) in [5.74, 6) is 0. The molecule has 0 aromatic rings. The van der Waals surface area contributed by atoms with Crippen LogP contribution in [0.2, 0.25) is 6.55 Å². The van der Waals surface area contributed by atoms with Crippen LogP contribution in [-0.4, -0.2) is 26.4 Å². The summed E-state index contributed by atoms with van der Waals surface area (Å²) in [4.78, 5) is 0.